The molecule has 0 heterocycles. The quantitative estimate of drug-likeness (QED) is 0.884. The second-order valence-electron chi connectivity index (χ2n) is 5.58. The van der Waals surface area contributed by atoms with Gasteiger partial charge in [-0.1, -0.05) is 18.2 Å². The molecule has 1 aromatic carbocycles. The highest BCUT2D eigenvalue weighted by Gasteiger charge is 2.14. The lowest BCUT2D eigenvalue weighted by Gasteiger charge is -2.14. The van der Waals surface area contributed by atoms with Crippen LogP contribution in [0.4, 0.5) is 0 Å². The summed E-state index contributed by atoms with van der Waals surface area (Å²) in [7, 11) is 3.53. The van der Waals surface area contributed by atoms with E-state index in [1.165, 1.54) is 24.0 Å². The summed E-state index contributed by atoms with van der Waals surface area (Å²) in [6, 6.07) is 6.31. The lowest BCUT2D eigenvalue weighted by molar-refractivity contribution is -0.128. The molecule has 3 nitrogen and oxygen atoms in total. The third kappa shape index (κ3) is 3.57. The molecule has 0 aliphatic heterocycles. The molecule has 0 fully saturated rings. The molecule has 3 heteroatoms. The van der Waals surface area contributed by atoms with Gasteiger partial charge in [-0.2, -0.15) is 0 Å². The Kier molecular flexibility index (Phi) is 4.59. The van der Waals surface area contributed by atoms with Crippen LogP contribution in [0, 0.1) is 0 Å². The molecular formula is C16H23NO2. The van der Waals surface area contributed by atoms with E-state index in [9.17, 15) is 9.90 Å². The van der Waals surface area contributed by atoms with Crippen LogP contribution in [0.1, 0.15) is 48.5 Å². The SMILES string of the molecule is CN(C)C(=O)CCCC(O)c1ccc2c(c1)CCC2. The van der Waals surface area contributed by atoms with Crippen molar-refractivity contribution in [3.8, 4) is 0 Å². The van der Waals surface area contributed by atoms with E-state index >= 15 is 0 Å². The molecule has 0 spiro atoms. The number of nitrogens with zero attached hydrogens (tertiary/aromatic N) is 1. The van der Waals surface area contributed by atoms with Crippen LogP contribution in [0.5, 0.6) is 0 Å². The van der Waals surface area contributed by atoms with Crippen molar-refractivity contribution in [2.24, 2.45) is 0 Å². The van der Waals surface area contributed by atoms with Crippen molar-refractivity contribution >= 4 is 5.91 Å². The molecule has 1 N–H and O–H groups in total. The Balaban J connectivity index is 1.86. The van der Waals surface area contributed by atoms with Gasteiger partial charge in [0.15, 0.2) is 0 Å². The Morgan fingerprint density at radius 3 is 2.79 bits per heavy atom. The van der Waals surface area contributed by atoms with E-state index in [2.05, 4.69) is 12.1 Å². The van der Waals surface area contributed by atoms with Crippen molar-refractivity contribution < 1.29 is 9.90 Å². The molecule has 1 aliphatic rings. The molecule has 1 atom stereocenters. The van der Waals surface area contributed by atoms with Gasteiger partial charge in [-0.05, 0) is 48.8 Å². The molecule has 0 bridgehead atoms. The summed E-state index contributed by atoms with van der Waals surface area (Å²) in [6.07, 6.45) is 4.98. The number of aliphatic hydroxyl groups is 1. The third-order valence-corrected chi connectivity index (χ3v) is 3.87. The smallest absolute Gasteiger partial charge is 0.222 e. The molecule has 1 unspecified atom stereocenters. The van der Waals surface area contributed by atoms with Gasteiger partial charge >= 0.3 is 0 Å². The van der Waals surface area contributed by atoms with Crippen molar-refractivity contribution in [2.75, 3.05) is 14.1 Å². The van der Waals surface area contributed by atoms with Crippen LogP contribution in [0.15, 0.2) is 18.2 Å². The van der Waals surface area contributed by atoms with Crippen LogP contribution in [0.3, 0.4) is 0 Å². The summed E-state index contributed by atoms with van der Waals surface area (Å²) in [5.74, 6) is 0.126. The summed E-state index contributed by atoms with van der Waals surface area (Å²) >= 11 is 0. The molecule has 0 saturated heterocycles. The Morgan fingerprint density at radius 2 is 2.05 bits per heavy atom. The van der Waals surface area contributed by atoms with Gasteiger partial charge in [0.05, 0.1) is 6.10 Å². The highest BCUT2D eigenvalue weighted by molar-refractivity contribution is 5.75. The van der Waals surface area contributed by atoms with Crippen LogP contribution >= 0.6 is 0 Å². The maximum atomic E-state index is 11.5. The van der Waals surface area contributed by atoms with Crippen molar-refractivity contribution in [3.63, 3.8) is 0 Å². The summed E-state index contributed by atoms with van der Waals surface area (Å²) in [5, 5.41) is 10.2. The molecule has 0 aromatic heterocycles. The van der Waals surface area contributed by atoms with Gasteiger partial charge in [-0.15, -0.1) is 0 Å². The first kappa shape index (κ1) is 14.1. The zero-order valence-electron chi connectivity index (χ0n) is 11.9. The second kappa shape index (κ2) is 6.20. The fraction of sp³-hybridized carbons (Fsp3) is 0.562. The lowest BCUT2D eigenvalue weighted by Crippen LogP contribution is -2.21. The average molecular weight is 261 g/mol. The summed E-state index contributed by atoms with van der Waals surface area (Å²) < 4.78 is 0. The molecule has 1 aromatic rings. The number of aliphatic hydroxyl groups excluding tert-OH is 1. The first-order valence-corrected chi connectivity index (χ1v) is 7.08. The van der Waals surface area contributed by atoms with E-state index in [0.717, 1.165) is 18.4 Å². The Hall–Kier alpha value is -1.35. The van der Waals surface area contributed by atoms with E-state index in [4.69, 9.17) is 0 Å². The summed E-state index contributed by atoms with van der Waals surface area (Å²) in [4.78, 5) is 13.1. The summed E-state index contributed by atoms with van der Waals surface area (Å²) in [5.41, 5.74) is 3.82. The van der Waals surface area contributed by atoms with Crippen LogP contribution < -0.4 is 0 Å². The molecule has 0 radical (unpaired) electrons. The van der Waals surface area contributed by atoms with Crippen LogP contribution in [-0.4, -0.2) is 30.0 Å². The minimum Gasteiger partial charge on any atom is -0.388 e. The van der Waals surface area contributed by atoms with Gasteiger partial charge in [0.2, 0.25) is 5.91 Å². The average Bonchev–Trinajstić information content (AvgIpc) is 2.85. The topological polar surface area (TPSA) is 40.5 Å². The first-order valence-electron chi connectivity index (χ1n) is 7.08. The predicted octanol–water partition coefficient (Wildman–Crippen LogP) is 2.47. The van der Waals surface area contributed by atoms with Crippen LogP contribution in [-0.2, 0) is 17.6 Å². The molecule has 104 valence electrons. The number of amides is 1. The van der Waals surface area contributed by atoms with Gasteiger partial charge < -0.3 is 10.0 Å². The summed E-state index contributed by atoms with van der Waals surface area (Å²) in [6.45, 7) is 0. The number of fused-ring (bicyclic) bond motifs is 1. The number of carbonyl (C=O) groups excluding carboxylic acids is 1. The van der Waals surface area contributed by atoms with Gasteiger partial charge in [0.1, 0.15) is 0 Å². The molecule has 19 heavy (non-hydrogen) atoms. The third-order valence-electron chi connectivity index (χ3n) is 3.87. The van der Waals surface area contributed by atoms with Crippen molar-refractivity contribution in [1.82, 2.24) is 4.90 Å². The molecule has 1 aliphatic carbocycles. The van der Waals surface area contributed by atoms with Gasteiger partial charge in [0, 0.05) is 20.5 Å². The number of hydrogen-bond donors (Lipinski definition) is 1. The zero-order valence-corrected chi connectivity index (χ0v) is 11.9. The van der Waals surface area contributed by atoms with E-state index in [0.29, 0.717) is 12.8 Å². The van der Waals surface area contributed by atoms with Crippen molar-refractivity contribution in [3.05, 3.63) is 34.9 Å². The standard InChI is InChI=1S/C16H23NO2/c1-17(2)16(19)8-4-7-15(18)14-10-9-12-5-3-6-13(12)11-14/h9-11,15,18H,3-8H2,1-2H3. The van der Waals surface area contributed by atoms with E-state index < -0.39 is 6.10 Å². The molecule has 1 amide bonds. The Labute approximate surface area is 115 Å². The van der Waals surface area contributed by atoms with Crippen LogP contribution in [0.25, 0.3) is 0 Å². The number of benzene rings is 1. The van der Waals surface area contributed by atoms with Gasteiger partial charge in [0.25, 0.3) is 0 Å². The van der Waals surface area contributed by atoms with Crippen molar-refractivity contribution in [1.29, 1.82) is 0 Å². The predicted molar refractivity (Wildman–Crippen MR) is 76.0 cm³/mol. The number of carbonyl (C=O) groups is 1. The number of hydrogen-bond acceptors (Lipinski definition) is 2. The highest BCUT2D eigenvalue weighted by Crippen LogP contribution is 2.27. The highest BCUT2D eigenvalue weighted by atomic mass is 16.3. The van der Waals surface area contributed by atoms with E-state index in [-0.39, 0.29) is 5.91 Å². The fourth-order valence-corrected chi connectivity index (χ4v) is 2.64. The van der Waals surface area contributed by atoms with Gasteiger partial charge in [-0.3, -0.25) is 4.79 Å². The maximum Gasteiger partial charge on any atom is 0.222 e. The molecule has 0 saturated carbocycles. The van der Waals surface area contributed by atoms with E-state index in [1.807, 2.05) is 6.07 Å². The number of aryl methyl sites for hydroxylation is 2. The largest absolute Gasteiger partial charge is 0.388 e. The minimum absolute atomic E-state index is 0.126. The zero-order chi connectivity index (χ0) is 13.8. The monoisotopic (exact) mass is 261 g/mol. The normalized spacial score (nSPS) is 15.1. The van der Waals surface area contributed by atoms with Crippen molar-refractivity contribution in [2.45, 2.75) is 44.6 Å². The minimum atomic E-state index is -0.444. The number of rotatable bonds is 5. The van der Waals surface area contributed by atoms with Crippen LogP contribution in [0.2, 0.25) is 0 Å². The fourth-order valence-electron chi connectivity index (χ4n) is 2.64. The first-order chi connectivity index (χ1) is 9.08. The van der Waals surface area contributed by atoms with E-state index in [1.54, 1.807) is 19.0 Å². The molecular weight excluding hydrogens is 238 g/mol. The second-order valence-corrected chi connectivity index (χ2v) is 5.58. The van der Waals surface area contributed by atoms with Gasteiger partial charge in [-0.25, -0.2) is 0 Å². The lowest BCUT2D eigenvalue weighted by atomic mass is 9.99. The Bertz CT molecular complexity index is 454. The Morgan fingerprint density at radius 1 is 1.32 bits per heavy atom. The molecule has 2 rings (SSSR count). The maximum absolute atomic E-state index is 11.5.